The van der Waals surface area contributed by atoms with Gasteiger partial charge >= 0.3 is 5.97 Å². The summed E-state index contributed by atoms with van der Waals surface area (Å²) in [5.41, 5.74) is 1.14. The highest BCUT2D eigenvalue weighted by molar-refractivity contribution is 6.36. The number of ether oxygens (including phenoxy) is 1. The van der Waals surface area contributed by atoms with E-state index in [2.05, 4.69) is 9.97 Å². The van der Waals surface area contributed by atoms with Crippen molar-refractivity contribution >= 4 is 40.9 Å². The van der Waals surface area contributed by atoms with E-state index in [4.69, 9.17) is 27.9 Å². The first-order valence-corrected chi connectivity index (χ1v) is 8.01. The zero-order chi connectivity index (χ0) is 17.1. The molecule has 0 atom stereocenters. The molecule has 0 aliphatic rings. The molecule has 0 saturated heterocycles. The lowest BCUT2D eigenvalue weighted by Gasteiger charge is -2.00. The molecule has 3 heterocycles. The number of aromatic nitrogens is 4. The van der Waals surface area contributed by atoms with E-state index in [1.165, 1.54) is 6.08 Å². The number of aryl methyl sites for hydroxylation is 1. The second kappa shape index (κ2) is 7.07. The van der Waals surface area contributed by atoms with Crippen LogP contribution in [0.1, 0.15) is 18.4 Å². The number of carbonyl (C=O) groups excluding carboxylic acids is 1. The molecule has 0 saturated carbocycles. The van der Waals surface area contributed by atoms with Crippen LogP contribution in [0.2, 0.25) is 10.0 Å². The third-order valence-corrected chi connectivity index (χ3v) is 3.83. The summed E-state index contributed by atoms with van der Waals surface area (Å²) in [6, 6.07) is 1.61. The minimum Gasteiger partial charge on any atom is -0.456 e. The molecule has 0 fully saturated rings. The Morgan fingerprint density at radius 3 is 3.00 bits per heavy atom. The van der Waals surface area contributed by atoms with Crippen molar-refractivity contribution in [1.29, 1.82) is 0 Å². The molecule has 0 amide bonds. The van der Waals surface area contributed by atoms with Crippen molar-refractivity contribution in [3.05, 3.63) is 58.5 Å². The first-order chi connectivity index (χ1) is 11.6. The summed E-state index contributed by atoms with van der Waals surface area (Å²) < 4.78 is 8.80. The van der Waals surface area contributed by atoms with E-state index < -0.39 is 5.97 Å². The Morgan fingerprint density at radius 1 is 1.38 bits per heavy atom. The first-order valence-electron chi connectivity index (χ1n) is 7.25. The van der Waals surface area contributed by atoms with E-state index in [1.807, 2.05) is 17.7 Å². The number of imidazole rings is 2. The molecule has 0 aromatic carbocycles. The fraction of sp³-hybridized carbons (Fsp3) is 0.188. The second-order valence-corrected chi connectivity index (χ2v) is 5.83. The number of halogens is 2. The number of hydrogen-bond acceptors (Lipinski definition) is 4. The summed E-state index contributed by atoms with van der Waals surface area (Å²) in [5, 5.41) is 0.939. The lowest BCUT2D eigenvalue weighted by atomic mass is 10.4. The average molecular weight is 365 g/mol. The van der Waals surface area contributed by atoms with Crippen LogP contribution in [0.4, 0.5) is 0 Å². The van der Waals surface area contributed by atoms with Crippen molar-refractivity contribution < 1.29 is 9.53 Å². The van der Waals surface area contributed by atoms with Gasteiger partial charge in [0.2, 0.25) is 0 Å². The molecule has 0 radical (unpaired) electrons. The number of esters is 1. The highest BCUT2D eigenvalue weighted by Gasteiger charge is 2.08. The van der Waals surface area contributed by atoms with Crippen LogP contribution in [-0.4, -0.2) is 24.9 Å². The summed E-state index contributed by atoms with van der Waals surface area (Å²) in [6.45, 7) is 2.82. The molecule has 0 aliphatic carbocycles. The Bertz CT molecular complexity index is 914. The Hall–Kier alpha value is -2.31. The molecule has 24 heavy (non-hydrogen) atoms. The number of carbonyl (C=O) groups is 1. The maximum Gasteiger partial charge on any atom is 0.331 e. The SMILES string of the molecule is CCn1ccnc1/C=C/C(=O)OCc1cn2cc(Cl)cc(Cl)c2n1. The van der Waals surface area contributed by atoms with Gasteiger partial charge in [-0.15, -0.1) is 0 Å². The molecule has 3 aromatic rings. The third-order valence-electron chi connectivity index (χ3n) is 3.34. The molecule has 6 nitrogen and oxygen atoms in total. The van der Waals surface area contributed by atoms with Gasteiger partial charge < -0.3 is 13.7 Å². The summed E-state index contributed by atoms with van der Waals surface area (Å²) in [4.78, 5) is 20.3. The lowest BCUT2D eigenvalue weighted by Crippen LogP contribution is -2.02. The highest BCUT2D eigenvalue weighted by Crippen LogP contribution is 2.21. The minimum absolute atomic E-state index is 0.0427. The normalized spacial score (nSPS) is 11.5. The molecular weight excluding hydrogens is 351 g/mol. The van der Waals surface area contributed by atoms with Gasteiger partial charge in [-0.05, 0) is 19.1 Å². The summed E-state index contributed by atoms with van der Waals surface area (Å²) >= 11 is 12.0. The van der Waals surface area contributed by atoms with Gasteiger partial charge in [0.25, 0.3) is 0 Å². The van der Waals surface area contributed by atoms with Gasteiger partial charge in [0, 0.05) is 37.4 Å². The fourth-order valence-electron chi connectivity index (χ4n) is 2.23. The van der Waals surface area contributed by atoms with E-state index >= 15 is 0 Å². The quantitative estimate of drug-likeness (QED) is 0.512. The van der Waals surface area contributed by atoms with Crippen LogP contribution in [0.5, 0.6) is 0 Å². The average Bonchev–Trinajstić information content (AvgIpc) is 3.16. The first kappa shape index (κ1) is 16.5. The Kier molecular flexibility index (Phi) is 4.87. The fourth-order valence-corrected chi connectivity index (χ4v) is 2.75. The van der Waals surface area contributed by atoms with Crippen molar-refractivity contribution in [3.8, 4) is 0 Å². The molecule has 8 heteroatoms. The summed E-state index contributed by atoms with van der Waals surface area (Å²) in [7, 11) is 0. The Labute approximate surface area is 148 Å². The third kappa shape index (κ3) is 3.60. The topological polar surface area (TPSA) is 61.4 Å². The molecule has 124 valence electrons. The van der Waals surface area contributed by atoms with Crippen molar-refractivity contribution in [2.75, 3.05) is 0 Å². The molecule has 0 spiro atoms. The van der Waals surface area contributed by atoms with Gasteiger partial charge in [-0.25, -0.2) is 14.8 Å². The number of fused-ring (bicyclic) bond motifs is 1. The van der Waals surface area contributed by atoms with Crippen molar-refractivity contribution in [1.82, 2.24) is 18.9 Å². The number of nitrogens with zero attached hydrogens (tertiary/aromatic N) is 4. The van der Waals surface area contributed by atoms with Crippen LogP contribution < -0.4 is 0 Å². The van der Waals surface area contributed by atoms with Crippen LogP contribution in [-0.2, 0) is 22.7 Å². The van der Waals surface area contributed by atoms with Crippen molar-refractivity contribution in [2.24, 2.45) is 0 Å². The maximum absolute atomic E-state index is 11.8. The molecule has 0 unspecified atom stereocenters. The maximum atomic E-state index is 11.8. The molecule has 3 rings (SSSR count). The largest absolute Gasteiger partial charge is 0.456 e. The number of hydrogen-bond donors (Lipinski definition) is 0. The number of rotatable bonds is 5. The van der Waals surface area contributed by atoms with E-state index in [9.17, 15) is 4.79 Å². The van der Waals surface area contributed by atoms with Crippen LogP contribution >= 0.6 is 23.2 Å². The molecule has 3 aromatic heterocycles. The Morgan fingerprint density at radius 2 is 2.21 bits per heavy atom. The Balaban J connectivity index is 1.65. The molecular formula is C16H14Cl2N4O2. The van der Waals surface area contributed by atoms with Gasteiger partial charge in [0.05, 0.1) is 15.7 Å². The second-order valence-electron chi connectivity index (χ2n) is 4.98. The lowest BCUT2D eigenvalue weighted by molar-refractivity contribution is -0.139. The van der Waals surface area contributed by atoms with Gasteiger partial charge in [0.15, 0.2) is 5.65 Å². The van der Waals surface area contributed by atoms with Crippen LogP contribution in [0, 0.1) is 0 Å². The zero-order valence-corrected chi connectivity index (χ0v) is 14.3. The molecule has 0 bridgehead atoms. The monoisotopic (exact) mass is 364 g/mol. The van der Waals surface area contributed by atoms with Crippen LogP contribution in [0.3, 0.4) is 0 Å². The van der Waals surface area contributed by atoms with E-state index in [0.29, 0.717) is 27.2 Å². The predicted molar refractivity (Wildman–Crippen MR) is 91.9 cm³/mol. The van der Waals surface area contributed by atoms with Crippen LogP contribution in [0.15, 0.2) is 36.9 Å². The van der Waals surface area contributed by atoms with Crippen molar-refractivity contribution in [3.63, 3.8) is 0 Å². The highest BCUT2D eigenvalue weighted by atomic mass is 35.5. The van der Waals surface area contributed by atoms with Gasteiger partial charge in [0.1, 0.15) is 12.4 Å². The summed E-state index contributed by atoms with van der Waals surface area (Å²) in [5.74, 6) is 0.227. The molecule has 0 N–H and O–H groups in total. The minimum atomic E-state index is -0.471. The van der Waals surface area contributed by atoms with Gasteiger partial charge in [-0.2, -0.15) is 0 Å². The summed E-state index contributed by atoms with van der Waals surface area (Å²) in [6.07, 6.45) is 9.89. The van der Waals surface area contributed by atoms with E-state index in [0.717, 1.165) is 6.54 Å². The number of pyridine rings is 1. The zero-order valence-electron chi connectivity index (χ0n) is 12.8. The smallest absolute Gasteiger partial charge is 0.331 e. The van der Waals surface area contributed by atoms with E-state index in [1.54, 1.807) is 35.1 Å². The van der Waals surface area contributed by atoms with Crippen LogP contribution in [0.25, 0.3) is 11.7 Å². The van der Waals surface area contributed by atoms with Gasteiger partial charge in [-0.1, -0.05) is 23.2 Å². The van der Waals surface area contributed by atoms with Crippen molar-refractivity contribution in [2.45, 2.75) is 20.1 Å². The predicted octanol–water partition coefficient (Wildman–Crippen LogP) is 3.61. The van der Waals surface area contributed by atoms with E-state index in [-0.39, 0.29) is 6.61 Å². The van der Waals surface area contributed by atoms with Gasteiger partial charge in [-0.3, -0.25) is 0 Å². The standard InChI is InChI=1S/C16H14Cl2N4O2/c1-2-21-6-5-19-14(21)3-4-15(23)24-10-12-9-22-8-11(17)7-13(18)16(22)20-12/h3-9H,2,10H2,1H3/b4-3+. The molecule has 0 aliphatic heterocycles.